The van der Waals surface area contributed by atoms with Crippen molar-refractivity contribution in [3.63, 3.8) is 0 Å². The number of nitrogens with two attached hydrogens (primary N) is 3. The first-order valence-electron chi connectivity index (χ1n) is 64.2. The Morgan fingerprint density at radius 2 is 0.390 bits per heavy atom. The van der Waals surface area contributed by atoms with Gasteiger partial charge >= 0.3 is 11.9 Å². The zero-order chi connectivity index (χ0) is 106. The Kier molecular flexibility index (Phi) is 102. The number of aliphatic carboxylic acids is 2. The van der Waals surface area contributed by atoms with Crippen LogP contribution in [0.15, 0.2) is 0 Å². The summed E-state index contributed by atoms with van der Waals surface area (Å²) in [6, 6.07) is 0. The van der Waals surface area contributed by atoms with Crippen LogP contribution in [0.25, 0.3) is 0 Å². The molecule has 21 nitrogen and oxygen atoms in total. The smallest absolute Gasteiger partial charge is 0.306 e. The van der Waals surface area contributed by atoms with Crippen molar-refractivity contribution in [3.8, 4) is 0 Å². The average Bonchev–Trinajstić information content (AvgIpc) is 0.912. The van der Waals surface area contributed by atoms with Gasteiger partial charge in [0.2, 0.25) is 41.4 Å². The van der Waals surface area contributed by atoms with Gasteiger partial charge in [0.25, 0.3) is 0 Å². The molecule has 7 amide bonds. The minimum absolute atomic E-state index is 0.0169. The van der Waals surface area contributed by atoms with Gasteiger partial charge in [0.15, 0.2) is 0 Å². The lowest BCUT2D eigenvalue weighted by atomic mass is 9.92. The van der Waals surface area contributed by atoms with Crippen LogP contribution in [-0.2, 0) is 43.2 Å². The summed E-state index contributed by atoms with van der Waals surface area (Å²) in [7, 11) is 0. The zero-order valence-electron chi connectivity index (χ0n) is 96.3. The van der Waals surface area contributed by atoms with Gasteiger partial charge in [-0.25, -0.2) is 17.5 Å². The largest absolute Gasteiger partial charge is 0.481 e. The van der Waals surface area contributed by atoms with Crippen LogP contribution < -0.4 is 55.5 Å². The van der Waals surface area contributed by atoms with Crippen LogP contribution in [0, 0.1) is 53.3 Å². The van der Waals surface area contributed by atoms with Gasteiger partial charge in [0.05, 0.1) is 11.8 Å². The van der Waals surface area contributed by atoms with E-state index in [-0.39, 0.29) is 94.6 Å². The van der Waals surface area contributed by atoms with Gasteiger partial charge in [-0.2, -0.15) is 0 Å². The molecule has 0 bridgehead atoms. The number of carbonyl (C=O) groups is 9. The SMILES string of the molecule is CCCCCCCCCCC(CCCCCCCCCC1CCCCCCCCCC(C(=O)NN)CCCCCCCCC(C(=O)NN)CCCCCCCCC(CCCCCCCCC)C(=O)NNC(=O)C(CCCCCCCC)CCCCCCCCCCCCCC(C(=O)O)CCCCCCCCCCCCCC(CCCCCCCCCCCCCC(CCCCCCC)C(=O)O)C(=O)NNC1=O)C(=O)NN. The summed E-state index contributed by atoms with van der Waals surface area (Å²) in [6.07, 6.45) is 111. The van der Waals surface area contributed by atoms with Gasteiger partial charge in [-0.1, -0.05) is 573 Å². The van der Waals surface area contributed by atoms with Crippen LogP contribution in [0.3, 0.4) is 0 Å². The van der Waals surface area contributed by atoms with Crippen molar-refractivity contribution in [2.24, 2.45) is 70.8 Å². The first kappa shape index (κ1) is 139. The summed E-state index contributed by atoms with van der Waals surface area (Å²) in [4.78, 5) is 120. The molecule has 1 aliphatic heterocycles. The summed E-state index contributed by atoms with van der Waals surface area (Å²) in [6.45, 7) is 8.96. The minimum Gasteiger partial charge on any atom is -0.481 e. The fourth-order valence-corrected chi connectivity index (χ4v) is 23.1. The molecule has 0 aromatic carbocycles. The standard InChI is InChI=1S/C125H242N10O11/c1-5-9-13-17-20-39-57-72-90-108(117(136)129-126)91-73-58-46-36-48-63-83-101-114-102-84-64-49-37-47-59-74-92-109(118(137)130-127)93-75-65-50-51-66-76-94-110(119(138)131-128)95-77-67-52-53-68-85-103-112(97-79-56-38-18-14-10-6-2)121(140)133-132-120(139)111(96-78-55-19-15-11-7-3)98-80-60-40-30-24-22-28-34-44-70-88-106-116(125(145)146)107-89-71-45-35-29-23-26-32-42-62-82-100-113(122(141)134-135-123(114)142)99-81-61-41-31-25-21-27-33-43-69-87-105-115(124(143)144)104-86-54-16-12-8-4/h108-116H,5-107,126-128H2,1-4H3,(H,129,136)(H,130,137)(H,131,138)(H,132,139)(H,133,140)(H,134,141)(H,135,142)(H,143,144)(H,145,146). The Hall–Kier alpha value is -4.89. The topological polar surface area (TPSA) is 356 Å². The van der Waals surface area contributed by atoms with Gasteiger partial charge in [0, 0.05) is 41.4 Å². The highest BCUT2D eigenvalue weighted by Crippen LogP contribution is 2.32. The van der Waals surface area contributed by atoms with Crippen LogP contribution >= 0.6 is 0 Å². The third-order valence-corrected chi connectivity index (χ3v) is 33.2. The monoisotopic (exact) mass is 2060 g/mol. The summed E-state index contributed by atoms with van der Waals surface area (Å²) in [5.41, 5.74) is 19.3. The van der Waals surface area contributed by atoms with E-state index in [1.165, 1.54) is 238 Å². The van der Waals surface area contributed by atoms with Crippen molar-refractivity contribution in [3.05, 3.63) is 0 Å². The minimum atomic E-state index is -0.633. The molecule has 1 aliphatic rings. The molecule has 0 aliphatic carbocycles. The second kappa shape index (κ2) is 107. The van der Waals surface area contributed by atoms with Crippen molar-refractivity contribution in [2.75, 3.05) is 0 Å². The molecule has 146 heavy (non-hydrogen) atoms. The van der Waals surface area contributed by atoms with Crippen molar-refractivity contribution in [2.45, 2.75) is 689 Å². The highest BCUT2D eigenvalue weighted by Gasteiger charge is 2.28. The Morgan fingerprint density at radius 1 is 0.226 bits per heavy atom. The van der Waals surface area contributed by atoms with E-state index >= 15 is 0 Å². The van der Waals surface area contributed by atoms with Gasteiger partial charge in [-0.3, -0.25) is 81.1 Å². The molecule has 9 atom stereocenters. The van der Waals surface area contributed by atoms with Crippen molar-refractivity contribution in [1.82, 2.24) is 38.0 Å². The van der Waals surface area contributed by atoms with E-state index < -0.39 is 11.9 Å². The van der Waals surface area contributed by atoms with Crippen LogP contribution in [0.4, 0.5) is 0 Å². The van der Waals surface area contributed by atoms with Crippen LogP contribution in [0.1, 0.15) is 689 Å². The summed E-state index contributed by atoms with van der Waals surface area (Å²) in [5.74, 6) is 14.4. The van der Waals surface area contributed by atoms with E-state index in [9.17, 15) is 53.4 Å². The maximum Gasteiger partial charge on any atom is 0.306 e. The van der Waals surface area contributed by atoms with Crippen LogP contribution in [0.2, 0.25) is 0 Å². The maximum atomic E-state index is 14.4. The van der Waals surface area contributed by atoms with Crippen LogP contribution in [0.5, 0.6) is 0 Å². The van der Waals surface area contributed by atoms with E-state index in [1.54, 1.807) is 0 Å². The quantitative estimate of drug-likeness (QED) is 0.0117. The van der Waals surface area contributed by atoms with E-state index in [2.05, 4.69) is 65.7 Å². The second-order valence-electron chi connectivity index (χ2n) is 46.3. The molecule has 0 spiro atoms. The Labute approximate surface area is 899 Å². The van der Waals surface area contributed by atoms with Gasteiger partial charge < -0.3 is 10.2 Å². The Morgan fingerprint density at radius 3 is 0.568 bits per heavy atom. The number of unbranched alkanes of at least 4 members (excludes halogenated alkanes) is 38. The van der Waals surface area contributed by atoms with Gasteiger partial charge in [0.1, 0.15) is 0 Å². The number of carboxylic acid groups (broad SMARTS) is 2. The molecule has 9 unspecified atom stereocenters. The number of carboxylic acids is 2. The molecule has 1 rings (SSSR count). The van der Waals surface area contributed by atoms with E-state index in [1.807, 2.05) is 0 Å². The number of carbonyl (C=O) groups excluding carboxylic acids is 7. The molecule has 0 saturated carbocycles. The van der Waals surface area contributed by atoms with Gasteiger partial charge in [-0.15, -0.1) is 0 Å². The maximum absolute atomic E-state index is 14.4. The molecule has 0 aromatic rings. The number of amides is 7. The van der Waals surface area contributed by atoms with Crippen molar-refractivity contribution in [1.29, 1.82) is 0 Å². The summed E-state index contributed by atoms with van der Waals surface area (Å²) < 4.78 is 0. The first-order chi connectivity index (χ1) is 71.5. The molecule has 0 aromatic heterocycles. The second-order valence-corrected chi connectivity index (χ2v) is 46.3. The summed E-state index contributed by atoms with van der Waals surface area (Å²) >= 11 is 0. The van der Waals surface area contributed by atoms with Crippen LogP contribution in [-0.4, -0.2) is 63.5 Å². The fraction of sp³-hybridized carbons (Fsp3) is 0.928. The predicted octanol–water partition coefficient (Wildman–Crippen LogP) is 34.2. The molecule has 15 N–H and O–H groups in total. The molecule has 21 heteroatoms. The molecular weight excluding hydrogens is 1820 g/mol. The normalized spacial score (nSPS) is 21.1. The highest BCUT2D eigenvalue weighted by molar-refractivity contribution is 5.85. The number of nitrogens with one attached hydrogen (secondary N) is 7. The van der Waals surface area contributed by atoms with Crippen molar-refractivity contribution < 1.29 is 53.4 Å². The van der Waals surface area contributed by atoms with Crippen molar-refractivity contribution >= 4 is 53.3 Å². The van der Waals surface area contributed by atoms with E-state index in [0.29, 0.717) is 0 Å². The summed E-state index contributed by atoms with van der Waals surface area (Å²) in [5, 5.41) is 20.0. The molecule has 0 radical (unpaired) electrons. The average molecular weight is 2060 g/mol. The first-order valence-corrected chi connectivity index (χ1v) is 64.2. The number of hydrazine groups is 5. The number of hydrogen-bond donors (Lipinski definition) is 12. The van der Waals surface area contributed by atoms with E-state index in [0.717, 1.165) is 424 Å². The number of hydrogen-bond acceptors (Lipinski definition) is 12. The van der Waals surface area contributed by atoms with E-state index in [4.69, 9.17) is 17.5 Å². The highest BCUT2D eigenvalue weighted by atomic mass is 16.4. The third-order valence-electron chi connectivity index (χ3n) is 33.2. The van der Waals surface area contributed by atoms with Gasteiger partial charge in [-0.05, 0) is 116 Å². The molecule has 858 valence electrons. The molecule has 1 heterocycles. The lowest BCUT2D eigenvalue weighted by Crippen LogP contribution is -2.47. The third kappa shape index (κ3) is 86.5. The lowest BCUT2D eigenvalue weighted by Gasteiger charge is -2.20. The lowest BCUT2D eigenvalue weighted by molar-refractivity contribution is -0.143. The zero-order valence-corrected chi connectivity index (χ0v) is 96.3. The molecular formula is C125H242N10O11. The Balaban J connectivity index is 3.20. The molecule has 1 fully saturated rings. The predicted molar refractivity (Wildman–Crippen MR) is 614 cm³/mol. The Bertz CT molecular complexity index is 2970. The molecule has 1 saturated heterocycles. The fourth-order valence-electron chi connectivity index (χ4n) is 23.1. The number of rotatable bonds is 59.